The van der Waals surface area contributed by atoms with Crippen LogP contribution in [-0.2, 0) is 0 Å². The van der Waals surface area contributed by atoms with Crippen LogP contribution in [0.2, 0.25) is 0 Å². The molecule has 0 aliphatic heterocycles. The number of halogens is 1. The van der Waals surface area contributed by atoms with Crippen LogP contribution >= 0.6 is 22.6 Å². The van der Waals surface area contributed by atoms with Crippen molar-refractivity contribution in [2.45, 2.75) is 13.0 Å². The fourth-order valence-electron chi connectivity index (χ4n) is 2.10. The molecule has 0 amide bonds. The Labute approximate surface area is 132 Å². The van der Waals surface area contributed by atoms with E-state index in [2.05, 4.69) is 22.6 Å². The average Bonchev–Trinajstić information content (AvgIpc) is 2.48. The number of aliphatic hydroxyl groups is 1. The smallest absolute Gasteiger partial charge is 0.125 e. The summed E-state index contributed by atoms with van der Waals surface area (Å²) in [6.45, 7) is 2.03. The van der Waals surface area contributed by atoms with Crippen molar-refractivity contribution in [3.8, 4) is 11.5 Å². The molecule has 20 heavy (non-hydrogen) atoms. The van der Waals surface area contributed by atoms with Gasteiger partial charge in [-0.1, -0.05) is 18.2 Å². The van der Waals surface area contributed by atoms with E-state index in [0.717, 1.165) is 14.7 Å². The van der Waals surface area contributed by atoms with Crippen molar-refractivity contribution in [1.82, 2.24) is 0 Å². The summed E-state index contributed by atoms with van der Waals surface area (Å²) in [6.07, 6.45) is -0.744. The maximum absolute atomic E-state index is 10.7. The molecule has 2 aromatic rings. The summed E-state index contributed by atoms with van der Waals surface area (Å²) in [4.78, 5) is 0. The number of aryl methyl sites for hydroxylation is 1. The van der Waals surface area contributed by atoms with E-state index >= 15 is 0 Å². The second-order valence-electron chi connectivity index (χ2n) is 4.49. The zero-order chi connectivity index (χ0) is 14.7. The Morgan fingerprint density at radius 2 is 1.80 bits per heavy atom. The van der Waals surface area contributed by atoms with Gasteiger partial charge in [-0.2, -0.15) is 0 Å². The SMILES string of the molecule is COc1ccc(OC)c(C(O)c2cccc(C)c2I)c1. The predicted molar refractivity (Wildman–Crippen MR) is 87.5 cm³/mol. The molecule has 2 aromatic carbocycles. The third-order valence-corrected chi connectivity index (χ3v) is 4.72. The van der Waals surface area contributed by atoms with Crippen molar-refractivity contribution in [1.29, 1.82) is 0 Å². The van der Waals surface area contributed by atoms with Crippen LogP contribution in [0.25, 0.3) is 0 Å². The van der Waals surface area contributed by atoms with E-state index in [1.54, 1.807) is 20.3 Å². The summed E-state index contributed by atoms with van der Waals surface area (Å²) in [7, 11) is 3.20. The van der Waals surface area contributed by atoms with Crippen LogP contribution in [0.1, 0.15) is 22.8 Å². The van der Waals surface area contributed by atoms with Gasteiger partial charge in [0.15, 0.2) is 0 Å². The Kier molecular flexibility index (Phi) is 4.88. The lowest BCUT2D eigenvalue weighted by molar-refractivity contribution is 0.213. The van der Waals surface area contributed by atoms with E-state index in [-0.39, 0.29) is 0 Å². The summed E-state index contributed by atoms with van der Waals surface area (Å²) >= 11 is 2.26. The first-order valence-electron chi connectivity index (χ1n) is 6.23. The van der Waals surface area contributed by atoms with Crippen molar-refractivity contribution < 1.29 is 14.6 Å². The van der Waals surface area contributed by atoms with Gasteiger partial charge >= 0.3 is 0 Å². The number of hydrogen-bond donors (Lipinski definition) is 1. The lowest BCUT2D eigenvalue weighted by Gasteiger charge is -2.18. The molecule has 1 unspecified atom stereocenters. The minimum atomic E-state index is -0.744. The van der Waals surface area contributed by atoms with E-state index in [1.807, 2.05) is 37.3 Å². The second kappa shape index (κ2) is 6.45. The molecule has 0 aromatic heterocycles. The number of benzene rings is 2. The van der Waals surface area contributed by atoms with Crippen molar-refractivity contribution in [3.63, 3.8) is 0 Å². The van der Waals surface area contributed by atoms with E-state index in [0.29, 0.717) is 17.1 Å². The number of ether oxygens (including phenoxy) is 2. The third-order valence-electron chi connectivity index (χ3n) is 3.25. The van der Waals surface area contributed by atoms with Crippen LogP contribution in [0.15, 0.2) is 36.4 Å². The molecule has 4 heteroatoms. The molecule has 0 fully saturated rings. The van der Waals surface area contributed by atoms with Gasteiger partial charge in [-0.05, 0) is 58.8 Å². The van der Waals surface area contributed by atoms with Gasteiger partial charge in [0.2, 0.25) is 0 Å². The van der Waals surface area contributed by atoms with E-state index in [1.165, 1.54) is 0 Å². The van der Waals surface area contributed by atoms with Crippen LogP contribution in [-0.4, -0.2) is 19.3 Å². The Bertz CT molecular complexity index is 611. The Morgan fingerprint density at radius 1 is 1.05 bits per heavy atom. The average molecular weight is 384 g/mol. The molecule has 0 bridgehead atoms. The molecule has 1 atom stereocenters. The fourth-order valence-corrected chi connectivity index (χ4v) is 2.76. The highest BCUT2D eigenvalue weighted by Gasteiger charge is 2.19. The minimum Gasteiger partial charge on any atom is -0.497 e. The summed E-state index contributed by atoms with van der Waals surface area (Å²) in [6, 6.07) is 11.3. The summed E-state index contributed by atoms with van der Waals surface area (Å²) in [5.74, 6) is 1.35. The number of methoxy groups -OCH3 is 2. The third kappa shape index (κ3) is 2.91. The first kappa shape index (κ1) is 15.1. The Balaban J connectivity index is 2.51. The van der Waals surface area contributed by atoms with Crippen molar-refractivity contribution in [3.05, 3.63) is 56.7 Å². The molecule has 3 nitrogen and oxygen atoms in total. The van der Waals surface area contributed by atoms with Crippen molar-refractivity contribution in [2.24, 2.45) is 0 Å². The molecule has 2 rings (SSSR count). The molecular weight excluding hydrogens is 367 g/mol. The fraction of sp³-hybridized carbons (Fsp3) is 0.250. The van der Waals surface area contributed by atoms with E-state index in [9.17, 15) is 5.11 Å². The summed E-state index contributed by atoms with van der Waals surface area (Å²) in [5, 5.41) is 10.7. The predicted octanol–water partition coefficient (Wildman–Crippen LogP) is 3.70. The van der Waals surface area contributed by atoms with Crippen LogP contribution in [0.4, 0.5) is 0 Å². The zero-order valence-corrected chi connectivity index (χ0v) is 13.8. The van der Waals surface area contributed by atoms with Gasteiger partial charge in [-0.15, -0.1) is 0 Å². The molecule has 0 aliphatic rings. The van der Waals surface area contributed by atoms with Crippen LogP contribution in [0, 0.1) is 10.5 Å². The molecule has 0 heterocycles. The monoisotopic (exact) mass is 384 g/mol. The number of rotatable bonds is 4. The van der Waals surface area contributed by atoms with Gasteiger partial charge in [-0.25, -0.2) is 0 Å². The van der Waals surface area contributed by atoms with E-state index < -0.39 is 6.10 Å². The largest absolute Gasteiger partial charge is 0.497 e. The van der Waals surface area contributed by atoms with Gasteiger partial charge in [0.05, 0.1) is 14.2 Å². The highest BCUT2D eigenvalue weighted by Crippen LogP contribution is 2.35. The minimum absolute atomic E-state index is 0.649. The van der Waals surface area contributed by atoms with Crippen molar-refractivity contribution in [2.75, 3.05) is 14.2 Å². The maximum Gasteiger partial charge on any atom is 0.125 e. The maximum atomic E-state index is 10.7. The topological polar surface area (TPSA) is 38.7 Å². The molecule has 106 valence electrons. The molecule has 0 radical (unpaired) electrons. The second-order valence-corrected chi connectivity index (χ2v) is 5.57. The lowest BCUT2D eigenvalue weighted by atomic mass is 9.99. The molecular formula is C16H17IO3. The highest BCUT2D eigenvalue weighted by molar-refractivity contribution is 14.1. The number of aliphatic hydroxyl groups excluding tert-OH is 1. The van der Waals surface area contributed by atoms with Gasteiger partial charge < -0.3 is 14.6 Å². The van der Waals surface area contributed by atoms with Crippen LogP contribution in [0.3, 0.4) is 0 Å². The molecule has 1 N–H and O–H groups in total. The molecule has 0 saturated heterocycles. The lowest BCUT2D eigenvalue weighted by Crippen LogP contribution is -2.05. The first-order chi connectivity index (χ1) is 9.58. The Hall–Kier alpha value is -1.27. The zero-order valence-electron chi connectivity index (χ0n) is 11.7. The van der Waals surface area contributed by atoms with Crippen molar-refractivity contribution >= 4 is 22.6 Å². The van der Waals surface area contributed by atoms with Gasteiger partial charge in [-0.3, -0.25) is 0 Å². The van der Waals surface area contributed by atoms with Gasteiger partial charge in [0.1, 0.15) is 17.6 Å². The molecule has 0 saturated carbocycles. The van der Waals surface area contributed by atoms with Crippen LogP contribution < -0.4 is 9.47 Å². The van der Waals surface area contributed by atoms with Gasteiger partial charge in [0.25, 0.3) is 0 Å². The van der Waals surface area contributed by atoms with Gasteiger partial charge in [0, 0.05) is 9.13 Å². The number of hydrogen-bond acceptors (Lipinski definition) is 3. The quantitative estimate of drug-likeness (QED) is 0.818. The van der Waals surface area contributed by atoms with E-state index in [4.69, 9.17) is 9.47 Å². The highest BCUT2D eigenvalue weighted by atomic mass is 127. The van der Waals surface area contributed by atoms with Crippen LogP contribution in [0.5, 0.6) is 11.5 Å². The first-order valence-corrected chi connectivity index (χ1v) is 7.31. The summed E-state index contributed by atoms with van der Waals surface area (Å²) in [5.41, 5.74) is 2.72. The standard InChI is InChI=1S/C16H17IO3/c1-10-5-4-6-12(15(10)17)16(18)13-9-11(19-2)7-8-14(13)20-3/h4-9,16,18H,1-3H3. The molecule has 0 aliphatic carbocycles. The Morgan fingerprint density at radius 3 is 2.45 bits per heavy atom. The normalized spacial score (nSPS) is 12.1. The molecule has 0 spiro atoms. The summed E-state index contributed by atoms with van der Waals surface area (Å²) < 4.78 is 11.6.